The molecule has 26 heavy (non-hydrogen) atoms. The van der Waals surface area contributed by atoms with Crippen LogP contribution < -0.4 is 5.32 Å². The molecule has 2 heterocycles. The summed E-state index contributed by atoms with van der Waals surface area (Å²) in [6, 6.07) is 12.5. The molecule has 0 saturated carbocycles. The number of nitrogens with one attached hydrogen (secondary N) is 1. The normalized spacial score (nSPS) is 19.5. The van der Waals surface area contributed by atoms with Gasteiger partial charge < -0.3 is 10.0 Å². The van der Waals surface area contributed by atoms with E-state index in [4.69, 9.17) is 0 Å². The number of amides is 3. The molecule has 1 atom stereocenters. The third-order valence-electron chi connectivity index (χ3n) is 5.03. The summed E-state index contributed by atoms with van der Waals surface area (Å²) in [4.78, 5) is 37.9. The van der Waals surface area contributed by atoms with Crippen molar-refractivity contribution < 1.29 is 19.5 Å². The van der Waals surface area contributed by atoms with Crippen LogP contribution in [-0.2, 0) is 22.7 Å². The van der Waals surface area contributed by atoms with Crippen molar-refractivity contribution in [2.75, 3.05) is 0 Å². The van der Waals surface area contributed by atoms with Gasteiger partial charge in [0, 0.05) is 18.5 Å². The number of fused-ring (bicyclic) bond motifs is 1. The molecule has 2 aromatic rings. The largest absolute Gasteiger partial charge is 0.392 e. The quantitative estimate of drug-likeness (QED) is 0.824. The van der Waals surface area contributed by atoms with Crippen LogP contribution in [0.4, 0.5) is 0 Å². The van der Waals surface area contributed by atoms with Gasteiger partial charge in [-0.25, -0.2) is 0 Å². The van der Waals surface area contributed by atoms with Crippen LogP contribution in [0.3, 0.4) is 0 Å². The summed E-state index contributed by atoms with van der Waals surface area (Å²) in [6.45, 7) is 0.327. The number of hydrogen-bond donors (Lipinski definition) is 2. The molecule has 3 amide bonds. The van der Waals surface area contributed by atoms with Gasteiger partial charge >= 0.3 is 0 Å². The van der Waals surface area contributed by atoms with E-state index < -0.39 is 11.9 Å². The Kier molecular flexibility index (Phi) is 4.05. The minimum atomic E-state index is -0.614. The monoisotopic (exact) mass is 350 g/mol. The summed E-state index contributed by atoms with van der Waals surface area (Å²) in [6.07, 6.45) is 0.594. The molecule has 1 fully saturated rings. The molecular weight excluding hydrogens is 332 g/mol. The molecule has 6 heteroatoms. The Morgan fingerprint density at radius 3 is 2.46 bits per heavy atom. The maximum Gasteiger partial charge on any atom is 0.255 e. The number of piperidine rings is 1. The van der Waals surface area contributed by atoms with Gasteiger partial charge in [-0.3, -0.25) is 19.7 Å². The Morgan fingerprint density at radius 2 is 1.77 bits per heavy atom. The maximum absolute atomic E-state index is 12.8. The van der Waals surface area contributed by atoms with E-state index >= 15 is 0 Å². The first kappa shape index (κ1) is 16.5. The van der Waals surface area contributed by atoms with Gasteiger partial charge in [-0.15, -0.1) is 0 Å². The van der Waals surface area contributed by atoms with Crippen molar-refractivity contribution in [2.24, 2.45) is 0 Å². The molecule has 132 valence electrons. The minimum absolute atomic E-state index is 0.0189. The smallest absolute Gasteiger partial charge is 0.255 e. The molecular formula is C20H18N2O4. The third-order valence-corrected chi connectivity index (χ3v) is 5.03. The van der Waals surface area contributed by atoms with Crippen molar-refractivity contribution in [1.29, 1.82) is 0 Å². The summed E-state index contributed by atoms with van der Waals surface area (Å²) >= 11 is 0. The first-order chi connectivity index (χ1) is 12.6. The predicted octanol–water partition coefficient (Wildman–Crippen LogP) is 1.61. The van der Waals surface area contributed by atoms with Gasteiger partial charge in [0.2, 0.25) is 11.8 Å². The fourth-order valence-corrected chi connectivity index (χ4v) is 3.65. The van der Waals surface area contributed by atoms with E-state index in [2.05, 4.69) is 5.32 Å². The van der Waals surface area contributed by atoms with E-state index in [9.17, 15) is 19.5 Å². The number of aliphatic hydroxyl groups excluding tert-OH is 1. The van der Waals surface area contributed by atoms with Crippen molar-refractivity contribution in [2.45, 2.75) is 32.0 Å². The molecule has 2 aliphatic heterocycles. The molecule has 2 aliphatic rings. The van der Waals surface area contributed by atoms with Gasteiger partial charge in [-0.1, -0.05) is 36.4 Å². The van der Waals surface area contributed by atoms with Crippen LogP contribution in [0.25, 0.3) is 11.1 Å². The highest BCUT2D eigenvalue weighted by atomic mass is 16.3. The number of hydrogen-bond acceptors (Lipinski definition) is 4. The Balaban J connectivity index is 1.68. The summed E-state index contributed by atoms with van der Waals surface area (Å²) < 4.78 is 0. The van der Waals surface area contributed by atoms with Gasteiger partial charge in [0.15, 0.2) is 0 Å². The lowest BCUT2D eigenvalue weighted by atomic mass is 9.96. The van der Waals surface area contributed by atoms with Gasteiger partial charge in [0.25, 0.3) is 5.91 Å². The second kappa shape index (κ2) is 6.38. The van der Waals surface area contributed by atoms with Crippen molar-refractivity contribution in [3.8, 4) is 11.1 Å². The fraction of sp³-hybridized carbons (Fsp3) is 0.250. The molecule has 4 rings (SSSR count). The Bertz CT molecular complexity index is 905. The molecule has 6 nitrogen and oxygen atoms in total. The van der Waals surface area contributed by atoms with Crippen LogP contribution in [0.15, 0.2) is 42.5 Å². The highest BCUT2D eigenvalue weighted by Crippen LogP contribution is 2.34. The zero-order valence-electron chi connectivity index (χ0n) is 14.1. The highest BCUT2D eigenvalue weighted by Gasteiger charge is 2.39. The average Bonchev–Trinajstić information content (AvgIpc) is 2.99. The number of carbonyl (C=O) groups excluding carboxylic acids is 3. The first-order valence-corrected chi connectivity index (χ1v) is 8.55. The number of aliphatic hydroxyl groups is 1. The maximum atomic E-state index is 12.8. The first-order valence-electron chi connectivity index (χ1n) is 8.55. The Labute approximate surface area is 150 Å². The fourth-order valence-electron chi connectivity index (χ4n) is 3.65. The molecule has 1 saturated heterocycles. The summed E-state index contributed by atoms with van der Waals surface area (Å²) in [5.74, 6) is -0.875. The lowest BCUT2D eigenvalue weighted by Crippen LogP contribution is -2.52. The van der Waals surface area contributed by atoms with E-state index in [1.807, 2.05) is 36.4 Å². The SMILES string of the molecule is O=C1CCC(N2Cc3c(cccc3-c3ccc(CO)cc3)C2=O)C(=O)N1. The molecule has 1 unspecified atom stereocenters. The predicted molar refractivity (Wildman–Crippen MR) is 93.8 cm³/mol. The molecule has 0 bridgehead atoms. The van der Waals surface area contributed by atoms with Crippen molar-refractivity contribution in [1.82, 2.24) is 10.2 Å². The minimum Gasteiger partial charge on any atom is -0.392 e. The standard InChI is InChI=1S/C20H18N2O4/c23-11-12-4-6-13(7-5-12)14-2-1-3-15-16(14)10-22(20(15)26)17-8-9-18(24)21-19(17)25/h1-7,17,23H,8-11H2,(H,21,24,25). The van der Waals surface area contributed by atoms with Crippen molar-refractivity contribution in [3.05, 3.63) is 59.2 Å². The number of benzene rings is 2. The molecule has 2 N–H and O–H groups in total. The van der Waals surface area contributed by atoms with Gasteiger partial charge in [0.05, 0.1) is 6.61 Å². The number of imide groups is 1. The molecule has 0 spiro atoms. The topological polar surface area (TPSA) is 86.7 Å². The number of carbonyl (C=O) groups is 3. The zero-order chi connectivity index (χ0) is 18.3. The van der Waals surface area contributed by atoms with E-state index in [1.165, 1.54) is 0 Å². The zero-order valence-corrected chi connectivity index (χ0v) is 14.1. The van der Waals surface area contributed by atoms with E-state index in [-0.39, 0.29) is 24.8 Å². The van der Waals surface area contributed by atoms with Gasteiger partial charge in [-0.05, 0) is 34.7 Å². The third kappa shape index (κ3) is 2.68. The van der Waals surface area contributed by atoms with Crippen LogP contribution in [0, 0.1) is 0 Å². The summed E-state index contributed by atoms with van der Waals surface area (Å²) in [7, 11) is 0. The molecule has 0 aromatic heterocycles. The van der Waals surface area contributed by atoms with Crippen LogP contribution in [0.2, 0.25) is 0 Å². The summed E-state index contributed by atoms with van der Waals surface area (Å²) in [5, 5.41) is 11.5. The van der Waals surface area contributed by atoms with E-state index in [0.717, 1.165) is 22.3 Å². The second-order valence-corrected chi connectivity index (χ2v) is 6.59. The average molecular weight is 350 g/mol. The van der Waals surface area contributed by atoms with E-state index in [1.54, 1.807) is 11.0 Å². The van der Waals surface area contributed by atoms with E-state index in [0.29, 0.717) is 18.5 Å². The van der Waals surface area contributed by atoms with Crippen molar-refractivity contribution >= 4 is 17.7 Å². The van der Waals surface area contributed by atoms with Gasteiger partial charge in [-0.2, -0.15) is 0 Å². The van der Waals surface area contributed by atoms with Gasteiger partial charge in [0.1, 0.15) is 6.04 Å². The number of rotatable bonds is 3. The number of nitrogens with zero attached hydrogens (tertiary/aromatic N) is 1. The molecule has 0 radical (unpaired) electrons. The summed E-state index contributed by atoms with van der Waals surface area (Å²) in [5.41, 5.74) is 4.20. The molecule has 2 aromatic carbocycles. The van der Waals surface area contributed by atoms with Crippen LogP contribution in [-0.4, -0.2) is 33.8 Å². The van der Waals surface area contributed by atoms with Crippen molar-refractivity contribution in [3.63, 3.8) is 0 Å². The Hall–Kier alpha value is -2.99. The van der Waals surface area contributed by atoms with Crippen LogP contribution >= 0.6 is 0 Å². The lowest BCUT2D eigenvalue weighted by molar-refractivity contribution is -0.136. The Morgan fingerprint density at radius 1 is 1.04 bits per heavy atom. The van der Waals surface area contributed by atoms with Crippen LogP contribution in [0.5, 0.6) is 0 Å². The second-order valence-electron chi connectivity index (χ2n) is 6.59. The lowest BCUT2D eigenvalue weighted by Gasteiger charge is -2.29. The highest BCUT2D eigenvalue weighted by molar-refractivity contribution is 6.06. The molecule has 0 aliphatic carbocycles. The van der Waals surface area contributed by atoms with Crippen LogP contribution in [0.1, 0.15) is 34.3 Å².